The summed E-state index contributed by atoms with van der Waals surface area (Å²) in [6.45, 7) is 1.10. The predicted molar refractivity (Wildman–Crippen MR) is 89.4 cm³/mol. The molecule has 0 fully saturated rings. The van der Waals surface area contributed by atoms with E-state index in [1.165, 1.54) is 11.9 Å². The van der Waals surface area contributed by atoms with Gasteiger partial charge in [0.05, 0.1) is 12.9 Å². The Balaban J connectivity index is 1.59. The zero-order valence-corrected chi connectivity index (χ0v) is 12.9. The molecule has 0 amide bonds. The number of hydrogen-bond donors (Lipinski definition) is 0. The Morgan fingerprint density at radius 3 is 2.62 bits per heavy atom. The molecule has 0 saturated carbocycles. The molecule has 0 aliphatic carbocycles. The van der Waals surface area contributed by atoms with Crippen LogP contribution in [0, 0.1) is 0 Å². The fraction of sp³-hybridized carbons (Fsp3) is 0.111. The van der Waals surface area contributed by atoms with Crippen molar-refractivity contribution >= 4 is 11.2 Å². The highest BCUT2D eigenvalue weighted by Gasteiger charge is 2.11. The van der Waals surface area contributed by atoms with Crippen molar-refractivity contribution < 1.29 is 4.74 Å². The zero-order valence-electron chi connectivity index (χ0n) is 12.9. The van der Waals surface area contributed by atoms with Gasteiger partial charge >= 0.3 is 0 Å². The van der Waals surface area contributed by atoms with Crippen LogP contribution < -0.4 is 4.74 Å². The molecule has 0 aliphatic heterocycles. The molecule has 0 unspecified atom stereocenters. The van der Waals surface area contributed by atoms with Crippen LogP contribution in [0.15, 0.2) is 67.5 Å². The van der Waals surface area contributed by atoms with Gasteiger partial charge in [-0.1, -0.05) is 36.4 Å². The minimum Gasteiger partial charge on any atom is -0.471 e. The monoisotopic (exact) mass is 317 g/mol. The van der Waals surface area contributed by atoms with E-state index < -0.39 is 0 Å². The van der Waals surface area contributed by atoms with Crippen molar-refractivity contribution in [2.24, 2.45) is 0 Å². The van der Waals surface area contributed by atoms with Crippen molar-refractivity contribution in [3.8, 4) is 5.88 Å². The highest BCUT2D eigenvalue weighted by Crippen LogP contribution is 2.21. The van der Waals surface area contributed by atoms with Crippen LogP contribution >= 0.6 is 0 Å². The van der Waals surface area contributed by atoms with Gasteiger partial charge in [0.1, 0.15) is 12.9 Å². The number of rotatable bonds is 5. The number of aromatic nitrogens is 5. The molecule has 4 rings (SSSR count). The first-order valence-electron chi connectivity index (χ1n) is 7.61. The molecule has 0 saturated heterocycles. The molecule has 0 aliphatic rings. The lowest BCUT2D eigenvalue weighted by molar-refractivity contribution is 0.296. The molecule has 0 radical (unpaired) electrons. The molecule has 6 nitrogen and oxygen atoms in total. The first-order valence-corrected chi connectivity index (χ1v) is 7.61. The van der Waals surface area contributed by atoms with Gasteiger partial charge < -0.3 is 9.30 Å². The maximum atomic E-state index is 5.80. The van der Waals surface area contributed by atoms with Crippen LogP contribution in [-0.2, 0) is 13.2 Å². The van der Waals surface area contributed by atoms with Crippen molar-refractivity contribution in [3.63, 3.8) is 0 Å². The molecule has 3 heterocycles. The van der Waals surface area contributed by atoms with Crippen molar-refractivity contribution in [3.05, 3.63) is 78.6 Å². The van der Waals surface area contributed by atoms with E-state index in [9.17, 15) is 0 Å². The number of benzene rings is 1. The van der Waals surface area contributed by atoms with Crippen molar-refractivity contribution in [2.75, 3.05) is 0 Å². The molecule has 24 heavy (non-hydrogen) atoms. The minimum atomic E-state index is 0.394. The summed E-state index contributed by atoms with van der Waals surface area (Å²) < 4.78 is 7.79. The summed E-state index contributed by atoms with van der Waals surface area (Å²) >= 11 is 0. The first-order chi connectivity index (χ1) is 11.9. The fourth-order valence-corrected chi connectivity index (χ4v) is 2.50. The molecule has 0 N–H and O–H groups in total. The summed E-state index contributed by atoms with van der Waals surface area (Å²) in [5, 5.41) is 0. The Kier molecular flexibility index (Phi) is 3.85. The van der Waals surface area contributed by atoms with Gasteiger partial charge in [0, 0.05) is 18.0 Å². The molecule has 4 aromatic rings. The van der Waals surface area contributed by atoms with E-state index in [0.717, 1.165) is 11.2 Å². The number of nitrogens with zero attached hydrogens (tertiary/aromatic N) is 5. The lowest BCUT2D eigenvalue weighted by Crippen LogP contribution is -2.01. The third kappa shape index (κ3) is 2.94. The highest BCUT2D eigenvalue weighted by atomic mass is 16.5. The van der Waals surface area contributed by atoms with Gasteiger partial charge in [0.15, 0.2) is 11.2 Å². The summed E-state index contributed by atoms with van der Waals surface area (Å²) in [5.74, 6) is 0.482. The summed E-state index contributed by atoms with van der Waals surface area (Å²) in [6.07, 6.45) is 6.78. The highest BCUT2D eigenvalue weighted by molar-refractivity contribution is 5.76. The van der Waals surface area contributed by atoms with Crippen molar-refractivity contribution in [1.82, 2.24) is 24.5 Å². The SMILES string of the molecule is c1ccc(Cn2cnc3c(OCc4cccnc4)ncnc32)cc1. The quantitative estimate of drug-likeness (QED) is 0.566. The summed E-state index contributed by atoms with van der Waals surface area (Å²) in [5.41, 5.74) is 3.59. The van der Waals surface area contributed by atoms with Crippen LogP contribution in [-0.4, -0.2) is 24.5 Å². The van der Waals surface area contributed by atoms with E-state index in [4.69, 9.17) is 4.74 Å². The summed E-state index contributed by atoms with van der Waals surface area (Å²) in [7, 11) is 0. The Bertz CT molecular complexity index is 937. The number of fused-ring (bicyclic) bond motifs is 1. The Hall–Kier alpha value is -3.28. The molecule has 0 spiro atoms. The average Bonchev–Trinajstić information content (AvgIpc) is 3.05. The van der Waals surface area contributed by atoms with Crippen LogP contribution in [0.4, 0.5) is 0 Å². The third-order valence-corrected chi connectivity index (χ3v) is 3.66. The van der Waals surface area contributed by atoms with Gasteiger partial charge in [-0.25, -0.2) is 9.97 Å². The summed E-state index contributed by atoms with van der Waals surface area (Å²) in [4.78, 5) is 17.1. The molecular weight excluding hydrogens is 302 g/mol. The number of hydrogen-bond acceptors (Lipinski definition) is 5. The van der Waals surface area contributed by atoms with E-state index in [-0.39, 0.29) is 0 Å². The van der Waals surface area contributed by atoms with Gasteiger partial charge in [0.25, 0.3) is 0 Å². The Labute approximate surface area is 138 Å². The lowest BCUT2D eigenvalue weighted by atomic mass is 10.2. The van der Waals surface area contributed by atoms with Crippen LogP contribution in [0.5, 0.6) is 5.88 Å². The third-order valence-electron chi connectivity index (χ3n) is 3.66. The van der Waals surface area contributed by atoms with Crippen LogP contribution in [0.1, 0.15) is 11.1 Å². The normalized spacial score (nSPS) is 10.8. The largest absolute Gasteiger partial charge is 0.471 e. The lowest BCUT2D eigenvalue weighted by Gasteiger charge is -2.06. The zero-order chi connectivity index (χ0) is 16.2. The van der Waals surface area contributed by atoms with Gasteiger partial charge in [-0.15, -0.1) is 0 Å². The maximum absolute atomic E-state index is 5.80. The van der Waals surface area contributed by atoms with E-state index in [2.05, 4.69) is 32.1 Å². The second-order valence-corrected chi connectivity index (χ2v) is 5.36. The van der Waals surface area contributed by atoms with E-state index in [1.807, 2.05) is 34.9 Å². The minimum absolute atomic E-state index is 0.394. The Morgan fingerprint density at radius 1 is 0.917 bits per heavy atom. The van der Waals surface area contributed by atoms with Gasteiger partial charge in [0.2, 0.25) is 5.88 Å². The first kappa shape index (κ1) is 14.3. The molecule has 3 aromatic heterocycles. The van der Waals surface area contributed by atoms with Crippen molar-refractivity contribution in [1.29, 1.82) is 0 Å². The number of pyridine rings is 1. The number of imidazole rings is 1. The van der Waals surface area contributed by atoms with E-state index >= 15 is 0 Å². The van der Waals surface area contributed by atoms with Gasteiger partial charge in [-0.2, -0.15) is 4.98 Å². The standard InChI is InChI=1S/C18H15N5O/c1-2-5-14(6-3-1)10-23-13-22-16-17(23)20-12-21-18(16)24-11-15-7-4-8-19-9-15/h1-9,12-13H,10-11H2. The number of ether oxygens (including phenoxy) is 1. The predicted octanol–water partition coefficient (Wildman–Crippen LogP) is 2.85. The van der Waals surface area contributed by atoms with Crippen molar-refractivity contribution in [2.45, 2.75) is 13.2 Å². The van der Waals surface area contributed by atoms with Crippen LogP contribution in [0.3, 0.4) is 0 Å². The average molecular weight is 317 g/mol. The van der Waals surface area contributed by atoms with E-state index in [1.54, 1.807) is 18.7 Å². The smallest absolute Gasteiger partial charge is 0.245 e. The van der Waals surface area contributed by atoms with Gasteiger partial charge in [-0.3, -0.25) is 4.98 Å². The second-order valence-electron chi connectivity index (χ2n) is 5.36. The molecule has 0 atom stereocenters. The van der Waals surface area contributed by atoms with Crippen LogP contribution in [0.25, 0.3) is 11.2 Å². The summed E-state index contributed by atoms with van der Waals surface area (Å²) in [6, 6.07) is 14.0. The van der Waals surface area contributed by atoms with E-state index in [0.29, 0.717) is 24.5 Å². The second kappa shape index (κ2) is 6.45. The topological polar surface area (TPSA) is 65.7 Å². The molecule has 118 valence electrons. The maximum Gasteiger partial charge on any atom is 0.245 e. The Morgan fingerprint density at radius 2 is 1.79 bits per heavy atom. The molecule has 0 bridgehead atoms. The van der Waals surface area contributed by atoms with Crippen LogP contribution in [0.2, 0.25) is 0 Å². The fourth-order valence-electron chi connectivity index (χ4n) is 2.50. The molecule has 6 heteroatoms. The molecular formula is C18H15N5O. The van der Waals surface area contributed by atoms with Gasteiger partial charge in [-0.05, 0) is 11.6 Å². The molecule has 1 aromatic carbocycles.